The molecule has 0 amide bonds. The number of hydrogen-bond donors (Lipinski definition) is 0. The van der Waals surface area contributed by atoms with Crippen molar-refractivity contribution in [3.63, 3.8) is 0 Å². The summed E-state index contributed by atoms with van der Waals surface area (Å²) in [4.78, 5) is 0. The molecule has 35 heavy (non-hydrogen) atoms. The van der Waals surface area contributed by atoms with Crippen LogP contribution in [0.2, 0.25) is 27.7 Å². The Morgan fingerprint density at radius 1 is 0.714 bits per heavy atom. The maximum atomic E-state index is 7.05. The minimum Gasteiger partial charge on any atom is -0.396 e. The van der Waals surface area contributed by atoms with Crippen LogP contribution in [0.1, 0.15) is 106 Å². The van der Waals surface area contributed by atoms with Gasteiger partial charge >= 0.3 is 0 Å². The molecule has 0 bridgehead atoms. The minimum absolute atomic E-state index is 0.122. The van der Waals surface area contributed by atoms with Crippen LogP contribution in [0.15, 0.2) is 36.5 Å². The number of hydrogen-bond acceptors (Lipinski definition) is 3. The lowest BCUT2D eigenvalue weighted by Gasteiger charge is -2.40. The second-order valence-corrected chi connectivity index (χ2v) is 21.7. The quantitative estimate of drug-likeness (QED) is 0.237. The Balaban J connectivity index is 2.44. The highest BCUT2D eigenvalue weighted by atomic mass is 28.4. The molecule has 1 aromatic heterocycles. The van der Waals surface area contributed by atoms with Crippen molar-refractivity contribution in [2.75, 3.05) is 0 Å². The monoisotopic (exact) mass is 511 g/mol. The van der Waals surface area contributed by atoms with Gasteiger partial charge < -0.3 is 4.43 Å². The molecule has 0 spiro atoms. The average molecular weight is 512 g/mol. The highest BCUT2D eigenvalue weighted by Crippen LogP contribution is 2.42. The molecule has 6 heteroatoms. The Labute approximate surface area is 217 Å². The highest BCUT2D eigenvalue weighted by molar-refractivity contribution is 6.93. The summed E-state index contributed by atoms with van der Waals surface area (Å²) in [5.74, 6) is 0. The molecule has 0 saturated heterocycles. The van der Waals surface area contributed by atoms with Gasteiger partial charge in [-0.2, -0.15) is 0 Å². The van der Waals surface area contributed by atoms with Crippen LogP contribution in [-0.4, -0.2) is 31.4 Å². The molecule has 0 aliphatic heterocycles. The third-order valence-corrected chi connectivity index (χ3v) is 19.3. The van der Waals surface area contributed by atoms with Crippen molar-refractivity contribution < 1.29 is 4.43 Å². The fourth-order valence-corrected chi connectivity index (χ4v) is 15.5. The SMILES string of the molecule is CC(C)[Si](C#C[Si](C(C)C)(C(C)C)C(C)C)(O[C@H](C)c1cn([C@H](C)c2ccccc2)nn1)C(C)C. The lowest BCUT2D eigenvalue weighted by molar-refractivity contribution is 0.203. The Morgan fingerprint density at radius 2 is 1.23 bits per heavy atom. The molecule has 0 N–H and O–H groups in total. The first-order chi connectivity index (χ1) is 16.3. The van der Waals surface area contributed by atoms with Crippen molar-refractivity contribution in [3.8, 4) is 11.1 Å². The van der Waals surface area contributed by atoms with Gasteiger partial charge in [0.05, 0.1) is 18.3 Å². The Bertz CT molecular complexity index is 956. The third kappa shape index (κ3) is 6.18. The number of nitrogens with zero attached hydrogens (tertiary/aromatic N) is 3. The summed E-state index contributed by atoms with van der Waals surface area (Å²) in [6, 6.07) is 10.5. The second kappa shape index (κ2) is 12.0. The Morgan fingerprint density at radius 3 is 1.69 bits per heavy atom. The molecule has 0 unspecified atom stereocenters. The molecule has 1 heterocycles. The fraction of sp³-hybridized carbons (Fsp3) is 0.655. The van der Waals surface area contributed by atoms with Gasteiger partial charge in [-0.15, -0.1) is 16.2 Å². The van der Waals surface area contributed by atoms with E-state index >= 15 is 0 Å². The van der Waals surface area contributed by atoms with Crippen LogP contribution in [0, 0.1) is 11.1 Å². The van der Waals surface area contributed by atoms with Gasteiger partial charge in [-0.3, -0.25) is 0 Å². The van der Waals surface area contributed by atoms with Crippen LogP contribution in [0.4, 0.5) is 0 Å². The zero-order valence-corrected chi connectivity index (χ0v) is 26.3. The second-order valence-electron chi connectivity index (χ2n) is 11.7. The predicted octanol–water partition coefficient (Wildman–Crippen LogP) is 8.49. The van der Waals surface area contributed by atoms with E-state index in [1.165, 1.54) is 5.56 Å². The Kier molecular flexibility index (Phi) is 10.2. The average Bonchev–Trinajstić information content (AvgIpc) is 3.28. The van der Waals surface area contributed by atoms with Crippen molar-refractivity contribution in [1.82, 2.24) is 15.0 Å². The van der Waals surface area contributed by atoms with Gasteiger partial charge in [0, 0.05) is 0 Å². The maximum Gasteiger partial charge on any atom is 0.276 e. The van der Waals surface area contributed by atoms with E-state index in [0.717, 1.165) is 5.69 Å². The van der Waals surface area contributed by atoms with E-state index in [9.17, 15) is 0 Å². The van der Waals surface area contributed by atoms with Crippen LogP contribution >= 0.6 is 0 Å². The zero-order chi connectivity index (χ0) is 26.6. The molecule has 1 aromatic carbocycles. The number of rotatable bonds is 10. The third-order valence-electron chi connectivity index (χ3n) is 8.05. The maximum absolute atomic E-state index is 7.05. The summed E-state index contributed by atoms with van der Waals surface area (Å²) < 4.78 is 8.99. The topological polar surface area (TPSA) is 39.9 Å². The van der Waals surface area contributed by atoms with Crippen LogP contribution in [0.5, 0.6) is 0 Å². The lowest BCUT2D eigenvalue weighted by atomic mass is 10.1. The first kappa shape index (κ1) is 29.5. The van der Waals surface area contributed by atoms with Crippen LogP contribution < -0.4 is 0 Å². The first-order valence-electron chi connectivity index (χ1n) is 13.5. The van der Waals surface area contributed by atoms with E-state index in [-0.39, 0.29) is 12.1 Å². The molecule has 2 atom stereocenters. The number of aromatic nitrogens is 3. The highest BCUT2D eigenvalue weighted by Gasteiger charge is 2.46. The summed E-state index contributed by atoms with van der Waals surface area (Å²) in [7, 11) is -4.27. The molecular weight excluding hydrogens is 463 g/mol. The molecule has 2 aromatic rings. The summed E-state index contributed by atoms with van der Waals surface area (Å²) >= 11 is 0. The molecule has 0 aliphatic rings. The van der Waals surface area contributed by atoms with E-state index < -0.39 is 16.4 Å². The molecule has 0 saturated carbocycles. The van der Waals surface area contributed by atoms with Crippen molar-refractivity contribution in [3.05, 3.63) is 47.8 Å². The van der Waals surface area contributed by atoms with E-state index in [0.29, 0.717) is 27.7 Å². The lowest BCUT2D eigenvalue weighted by Crippen LogP contribution is -2.48. The Hall–Kier alpha value is -1.69. The van der Waals surface area contributed by atoms with E-state index in [4.69, 9.17) is 4.43 Å². The summed E-state index contributed by atoms with van der Waals surface area (Å²) in [5.41, 5.74) is 12.7. The molecule has 194 valence electrons. The fourth-order valence-electron chi connectivity index (χ4n) is 5.80. The smallest absolute Gasteiger partial charge is 0.276 e. The van der Waals surface area contributed by atoms with Gasteiger partial charge in [0.1, 0.15) is 13.8 Å². The molecular formula is C29H49N3OSi2. The summed E-state index contributed by atoms with van der Waals surface area (Å²) in [5, 5.41) is 8.99. The van der Waals surface area contributed by atoms with Gasteiger partial charge in [-0.1, -0.05) is 105 Å². The predicted molar refractivity (Wildman–Crippen MR) is 155 cm³/mol. The van der Waals surface area contributed by atoms with E-state index in [1.807, 2.05) is 16.9 Å². The molecule has 2 rings (SSSR count). The van der Waals surface area contributed by atoms with Gasteiger partial charge in [-0.25, -0.2) is 4.68 Å². The van der Waals surface area contributed by atoms with Crippen molar-refractivity contribution >= 4 is 16.4 Å². The van der Waals surface area contributed by atoms with Gasteiger partial charge in [0.25, 0.3) is 8.32 Å². The molecule has 0 fully saturated rings. The van der Waals surface area contributed by atoms with E-state index in [2.05, 4.69) is 129 Å². The van der Waals surface area contributed by atoms with Crippen LogP contribution in [-0.2, 0) is 4.43 Å². The zero-order valence-electron chi connectivity index (χ0n) is 24.3. The normalized spacial score (nSPS) is 14.7. The van der Waals surface area contributed by atoms with Crippen LogP contribution in [0.25, 0.3) is 0 Å². The van der Waals surface area contributed by atoms with E-state index in [1.54, 1.807) is 0 Å². The summed E-state index contributed by atoms with van der Waals surface area (Å²) in [6.07, 6.45) is 1.90. The largest absolute Gasteiger partial charge is 0.396 e. The minimum atomic E-state index is -2.43. The van der Waals surface area contributed by atoms with Crippen molar-refractivity contribution in [1.29, 1.82) is 0 Å². The first-order valence-corrected chi connectivity index (χ1v) is 17.8. The van der Waals surface area contributed by atoms with Gasteiger partial charge in [0.15, 0.2) is 0 Å². The van der Waals surface area contributed by atoms with Crippen molar-refractivity contribution in [2.45, 2.75) is 123 Å². The standard InChI is InChI=1S/C29H49N3OSi2/c1-21(2)34(22(3)4,23(5)6)18-19-35(24(7)8,25(9)10)33-27(12)29-20-32(31-30-29)26(11)28-16-14-13-15-17-28/h13-17,20-27H,1-12H3/t26-,27-/m1/s1. The number of benzene rings is 1. The summed E-state index contributed by atoms with van der Waals surface area (Å²) in [6.45, 7) is 27.7. The molecule has 0 aliphatic carbocycles. The van der Waals surface area contributed by atoms with Crippen molar-refractivity contribution in [2.24, 2.45) is 0 Å². The van der Waals surface area contributed by atoms with Crippen LogP contribution in [0.3, 0.4) is 0 Å². The molecule has 4 nitrogen and oxygen atoms in total. The van der Waals surface area contributed by atoms with Gasteiger partial charge in [0.2, 0.25) is 0 Å². The van der Waals surface area contributed by atoms with Gasteiger partial charge in [-0.05, 0) is 47.1 Å². The molecule has 0 radical (unpaired) electrons.